The number of nitrogens with zero attached hydrogens (tertiary/aromatic N) is 2. The minimum atomic E-state index is -0.553. The van der Waals surface area contributed by atoms with Gasteiger partial charge in [0.2, 0.25) is 0 Å². The van der Waals surface area contributed by atoms with Crippen molar-refractivity contribution in [1.82, 2.24) is 0 Å². The number of nitro benzene ring substituents is 1. The number of phenolic OH excluding ortho intramolecular Hbond substituents is 1. The number of amides is 1. The first kappa shape index (κ1) is 17.9. The Bertz CT molecular complexity index is 958. The van der Waals surface area contributed by atoms with Crippen molar-refractivity contribution in [3.05, 3.63) is 63.0 Å². The molecule has 3 rings (SSSR count). The highest BCUT2D eigenvalue weighted by Gasteiger charge is 2.36. The Morgan fingerprint density at radius 3 is 2.73 bits per heavy atom. The number of methoxy groups -OCH3 is 1. The number of carbonyl (C=O) groups excluding carboxylic acids is 1. The molecular weight excluding hydrogens is 376 g/mol. The highest BCUT2D eigenvalue weighted by molar-refractivity contribution is 8.27. The fourth-order valence-corrected chi connectivity index (χ4v) is 3.70. The average molecular weight is 388 g/mol. The van der Waals surface area contributed by atoms with E-state index < -0.39 is 10.8 Å². The van der Waals surface area contributed by atoms with Crippen molar-refractivity contribution >= 4 is 51.7 Å². The van der Waals surface area contributed by atoms with Crippen LogP contribution in [-0.4, -0.2) is 27.4 Å². The van der Waals surface area contributed by atoms with E-state index in [4.69, 9.17) is 17.0 Å². The van der Waals surface area contributed by atoms with E-state index >= 15 is 0 Å². The number of thioether (sulfide) groups is 1. The number of thiocarbonyl (C=S) groups is 1. The molecule has 1 saturated heterocycles. The molecule has 0 unspecified atom stereocenters. The van der Waals surface area contributed by atoms with Crippen LogP contribution >= 0.6 is 24.0 Å². The van der Waals surface area contributed by atoms with Gasteiger partial charge in [-0.05, 0) is 29.8 Å². The normalized spacial score (nSPS) is 15.6. The molecule has 0 spiro atoms. The van der Waals surface area contributed by atoms with E-state index in [0.717, 1.165) is 16.7 Å². The topological polar surface area (TPSA) is 92.9 Å². The van der Waals surface area contributed by atoms with E-state index in [-0.39, 0.29) is 27.2 Å². The lowest BCUT2D eigenvalue weighted by Crippen LogP contribution is -2.28. The lowest BCUT2D eigenvalue weighted by molar-refractivity contribution is -0.384. The van der Waals surface area contributed by atoms with E-state index in [1.165, 1.54) is 31.4 Å². The molecule has 0 aliphatic carbocycles. The Labute approximate surface area is 158 Å². The number of phenols is 1. The van der Waals surface area contributed by atoms with Crippen LogP contribution < -0.4 is 9.64 Å². The minimum absolute atomic E-state index is 0.0166. The van der Waals surface area contributed by atoms with E-state index in [1.807, 2.05) is 0 Å². The lowest BCUT2D eigenvalue weighted by Gasteiger charge is -2.14. The third kappa shape index (κ3) is 3.26. The maximum absolute atomic E-state index is 12.8. The van der Waals surface area contributed by atoms with Gasteiger partial charge in [0.25, 0.3) is 11.6 Å². The summed E-state index contributed by atoms with van der Waals surface area (Å²) >= 11 is 6.30. The molecule has 0 radical (unpaired) electrons. The van der Waals surface area contributed by atoms with Gasteiger partial charge in [-0.3, -0.25) is 19.8 Å². The fourth-order valence-electron chi connectivity index (χ4n) is 2.42. The molecule has 132 valence electrons. The predicted octanol–water partition coefficient (Wildman–Crippen LogP) is 3.71. The molecule has 2 aromatic carbocycles. The van der Waals surface area contributed by atoms with E-state index in [9.17, 15) is 20.0 Å². The highest BCUT2D eigenvalue weighted by atomic mass is 32.2. The molecule has 1 aliphatic heterocycles. The Morgan fingerprint density at radius 1 is 1.31 bits per heavy atom. The molecule has 0 atom stereocenters. The van der Waals surface area contributed by atoms with Crippen molar-refractivity contribution in [3.8, 4) is 11.5 Å². The van der Waals surface area contributed by atoms with Crippen LogP contribution in [0.5, 0.6) is 11.5 Å². The number of hydrogen-bond donors (Lipinski definition) is 1. The van der Waals surface area contributed by atoms with Crippen molar-refractivity contribution in [3.63, 3.8) is 0 Å². The molecule has 0 aromatic heterocycles. The van der Waals surface area contributed by atoms with Gasteiger partial charge in [0.05, 0.1) is 16.9 Å². The Hall–Kier alpha value is -2.91. The smallest absolute Gasteiger partial charge is 0.293 e. The summed E-state index contributed by atoms with van der Waals surface area (Å²) in [6.07, 6.45) is 1.59. The second-order valence-electron chi connectivity index (χ2n) is 5.19. The number of anilines is 1. The van der Waals surface area contributed by atoms with Crippen LogP contribution in [0.1, 0.15) is 5.56 Å². The standard InChI is InChI=1S/C17H12N2O5S2/c1-24-14-8-10(6-7-13(14)20)9-15-16(21)18(17(25)26-15)11-4-2-3-5-12(11)19(22)23/h2-9,20H,1H3. The molecule has 1 N–H and O–H groups in total. The van der Waals surface area contributed by atoms with Crippen molar-refractivity contribution in [1.29, 1.82) is 0 Å². The van der Waals surface area contributed by atoms with Crippen LogP contribution in [0.2, 0.25) is 0 Å². The zero-order chi connectivity index (χ0) is 18.8. The number of benzene rings is 2. The SMILES string of the molecule is COc1cc(C=C2SC(=S)N(c3ccccc3[N+](=O)[O-])C2=O)ccc1O. The third-order valence-corrected chi connectivity index (χ3v) is 4.92. The van der Waals surface area contributed by atoms with Crippen LogP contribution in [0.3, 0.4) is 0 Å². The number of rotatable bonds is 4. The summed E-state index contributed by atoms with van der Waals surface area (Å²) in [7, 11) is 1.42. The quantitative estimate of drug-likeness (QED) is 0.369. The van der Waals surface area contributed by atoms with Gasteiger partial charge in [-0.2, -0.15) is 0 Å². The van der Waals surface area contributed by atoms with Gasteiger partial charge < -0.3 is 9.84 Å². The summed E-state index contributed by atoms with van der Waals surface area (Å²) in [6, 6.07) is 10.6. The molecular formula is C17H12N2O5S2. The summed E-state index contributed by atoms with van der Waals surface area (Å²) in [5.41, 5.74) is 0.561. The zero-order valence-electron chi connectivity index (χ0n) is 13.4. The largest absolute Gasteiger partial charge is 0.504 e. The summed E-state index contributed by atoms with van der Waals surface area (Å²) in [5, 5.41) is 20.9. The van der Waals surface area contributed by atoms with Crippen LogP contribution in [0.25, 0.3) is 6.08 Å². The molecule has 7 nitrogen and oxygen atoms in total. The summed E-state index contributed by atoms with van der Waals surface area (Å²) in [6.45, 7) is 0. The molecule has 1 amide bonds. The van der Waals surface area contributed by atoms with E-state index in [1.54, 1.807) is 24.3 Å². The lowest BCUT2D eigenvalue weighted by atomic mass is 10.2. The first-order chi connectivity index (χ1) is 12.4. The maximum Gasteiger partial charge on any atom is 0.293 e. The van der Waals surface area contributed by atoms with Gasteiger partial charge in [-0.1, -0.05) is 42.2 Å². The number of para-hydroxylation sites is 2. The first-order valence-electron chi connectivity index (χ1n) is 7.30. The van der Waals surface area contributed by atoms with Crippen molar-refractivity contribution in [2.45, 2.75) is 0 Å². The molecule has 1 fully saturated rings. The summed E-state index contributed by atoms with van der Waals surface area (Å²) in [4.78, 5) is 24.9. The number of hydrogen-bond acceptors (Lipinski definition) is 7. The molecule has 2 aromatic rings. The van der Waals surface area contributed by atoms with E-state index in [2.05, 4.69) is 0 Å². The van der Waals surface area contributed by atoms with Crippen molar-refractivity contribution < 1.29 is 19.6 Å². The molecule has 0 saturated carbocycles. The van der Waals surface area contributed by atoms with E-state index in [0.29, 0.717) is 10.5 Å². The number of carbonyl (C=O) groups is 1. The highest BCUT2D eigenvalue weighted by Crippen LogP contribution is 2.40. The number of aromatic hydroxyl groups is 1. The summed E-state index contributed by atoms with van der Waals surface area (Å²) < 4.78 is 5.26. The molecule has 1 heterocycles. The van der Waals surface area contributed by atoms with Gasteiger partial charge in [-0.15, -0.1) is 0 Å². The Kier molecular flexibility index (Phi) is 4.92. The van der Waals surface area contributed by atoms with Crippen LogP contribution in [0.4, 0.5) is 11.4 Å². The van der Waals surface area contributed by atoms with Gasteiger partial charge in [-0.25, -0.2) is 0 Å². The Balaban J connectivity index is 1.99. The van der Waals surface area contributed by atoms with Crippen LogP contribution in [-0.2, 0) is 4.79 Å². The van der Waals surface area contributed by atoms with Gasteiger partial charge in [0.15, 0.2) is 15.8 Å². The molecule has 26 heavy (non-hydrogen) atoms. The van der Waals surface area contributed by atoms with Crippen molar-refractivity contribution in [2.75, 3.05) is 12.0 Å². The van der Waals surface area contributed by atoms with Gasteiger partial charge >= 0.3 is 0 Å². The van der Waals surface area contributed by atoms with Crippen LogP contribution in [0, 0.1) is 10.1 Å². The molecule has 0 bridgehead atoms. The van der Waals surface area contributed by atoms with Crippen LogP contribution in [0.15, 0.2) is 47.4 Å². The molecule has 9 heteroatoms. The minimum Gasteiger partial charge on any atom is -0.504 e. The third-order valence-electron chi connectivity index (χ3n) is 3.61. The summed E-state index contributed by atoms with van der Waals surface area (Å²) in [5.74, 6) is -0.189. The number of nitro groups is 1. The predicted molar refractivity (Wildman–Crippen MR) is 103 cm³/mol. The van der Waals surface area contributed by atoms with Crippen molar-refractivity contribution in [2.24, 2.45) is 0 Å². The van der Waals surface area contributed by atoms with Gasteiger partial charge in [0, 0.05) is 6.07 Å². The fraction of sp³-hybridized carbons (Fsp3) is 0.0588. The first-order valence-corrected chi connectivity index (χ1v) is 8.53. The monoisotopic (exact) mass is 388 g/mol. The molecule has 1 aliphatic rings. The second-order valence-corrected chi connectivity index (χ2v) is 6.87. The van der Waals surface area contributed by atoms with Gasteiger partial charge in [0.1, 0.15) is 5.69 Å². The maximum atomic E-state index is 12.8. The average Bonchev–Trinajstić information content (AvgIpc) is 2.90. The number of ether oxygens (including phenoxy) is 1. The zero-order valence-corrected chi connectivity index (χ0v) is 15.0. The second kappa shape index (κ2) is 7.14. The Morgan fingerprint density at radius 2 is 2.04 bits per heavy atom.